The Labute approximate surface area is 161 Å². The Balaban J connectivity index is 2.10. The molecule has 0 unspecified atom stereocenters. The quantitative estimate of drug-likeness (QED) is 0.296. The first kappa shape index (κ1) is 18.4. The fraction of sp³-hybridized carbons (Fsp3) is 0. The summed E-state index contributed by atoms with van der Waals surface area (Å²) < 4.78 is 0.927. The Bertz CT molecular complexity index is 1120. The van der Waals surface area contributed by atoms with Crippen LogP contribution in [0.4, 0.5) is 17.1 Å². The van der Waals surface area contributed by atoms with E-state index in [4.69, 9.17) is 29.6 Å². The lowest BCUT2D eigenvalue weighted by Gasteiger charge is -2.00. The van der Waals surface area contributed by atoms with Crippen LogP contribution < -0.4 is 11.3 Å². The van der Waals surface area contributed by atoms with Crippen molar-refractivity contribution in [2.75, 3.05) is 0 Å². The van der Waals surface area contributed by atoms with Crippen LogP contribution in [0.3, 0.4) is 0 Å². The van der Waals surface area contributed by atoms with E-state index in [1.165, 1.54) is 42.7 Å². The summed E-state index contributed by atoms with van der Waals surface area (Å²) in [6, 6.07) is 7.05. The lowest BCUT2D eigenvalue weighted by Crippen LogP contribution is -2.29. The second-order valence-corrected chi connectivity index (χ2v) is 6.03. The van der Waals surface area contributed by atoms with E-state index >= 15 is 0 Å². The van der Waals surface area contributed by atoms with Crippen molar-refractivity contribution in [2.24, 2.45) is 16.0 Å². The fourth-order valence-corrected chi connectivity index (χ4v) is 2.49. The Hall–Kier alpha value is -3.44. The molecule has 0 radical (unpaired) electrons. The number of non-ortho nitro benzene ring substituents is 1. The SMILES string of the molecule is NC(=S)n1[nH]c(-c2ccc([N+](=O)[O-])cc2)c(N=Nc2cncc(Cl)c2)c1=O. The molecule has 12 heteroatoms. The second kappa shape index (κ2) is 7.43. The molecular weight excluding hydrogens is 394 g/mol. The minimum Gasteiger partial charge on any atom is -0.374 e. The van der Waals surface area contributed by atoms with Crippen LogP contribution >= 0.6 is 23.8 Å². The van der Waals surface area contributed by atoms with Crippen LogP contribution in [0.5, 0.6) is 0 Å². The molecular formula is C15H10ClN7O3S. The van der Waals surface area contributed by atoms with Gasteiger partial charge in [0.05, 0.1) is 21.8 Å². The molecule has 27 heavy (non-hydrogen) atoms. The summed E-state index contributed by atoms with van der Waals surface area (Å²) in [5, 5.41) is 21.6. The highest BCUT2D eigenvalue weighted by atomic mass is 35.5. The van der Waals surface area contributed by atoms with Gasteiger partial charge in [0.2, 0.25) is 0 Å². The second-order valence-electron chi connectivity index (χ2n) is 5.18. The highest BCUT2D eigenvalue weighted by Gasteiger charge is 2.18. The molecule has 0 aliphatic rings. The van der Waals surface area contributed by atoms with Crippen molar-refractivity contribution in [3.05, 3.63) is 68.2 Å². The fourth-order valence-electron chi connectivity index (χ4n) is 2.19. The van der Waals surface area contributed by atoms with E-state index < -0.39 is 10.5 Å². The number of nitrogens with two attached hydrogens (primary N) is 1. The van der Waals surface area contributed by atoms with Gasteiger partial charge in [-0.1, -0.05) is 11.6 Å². The Morgan fingerprint density at radius 2 is 2.00 bits per heavy atom. The number of nitrogens with one attached hydrogen (secondary N) is 1. The number of hydrogen-bond donors (Lipinski definition) is 2. The summed E-state index contributed by atoms with van der Waals surface area (Å²) in [5.41, 5.74) is 5.80. The number of aromatic amines is 1. The van der Waals surface area contributed by atoms with E-state index in [9.17, 15) is 14.9 Å². The molecule has 0 atom stereocenters. The maximum atomic E-state index is 12.5. The summed E-state index contributed by atoms with van der Waals surface area (Å²) in [4.78, 5) is 26.7. The molecule has 0 bridgehead atoms. The molecule has 0 aliphatic carbocycles. The molecule has 0 aliphatic heterocycles. The van der Waals surface area contributed by atoms with Crippen LogP contribution in [-0.4, -0.2) is 24.8 Å². The van der Waals surface area contributed by atoms with Crippen molar-refractivity contribution in [2.45, 2.75) is 0 Å². The average molecular weight is 404 g/mol. The monoisotopic (exact) mass is 403 g/mol. The molecule has 0 fully saturated rings. The molecule has 3 aromatic rings. The van der Waals surface area contributed by atoms with Gasteiger partial charge in [0, 0.05) is 23.9 Å². The third kappa shape index (κ3) is 3.88. The van der Waals surface area contributed by atoms with Crippen LogP contribution in [0.1, 0.15) is 0 Å². The van der Waals surface area contributed by atoms with Gasteiger partial charge in [0.15, 0.2) is 10.8 Å². The van der Waals surface area contributed by atoms with Crippen LogP contribution in [0, 0.1) is 10.1 Å². The zero-order valence-corrected chi connectivity index (χ0v) is 14.9. The topological polar surface area (TPSA) is 145 Å². The highest BCUT2D eigenvalue weighted by Crippen LogP contribution is 2.29. The zero-order valence-electron chi connectivity index (χ0n) is 13.4. The summed E-state index contributed by atoms with van der Waals surface area (Å²) in [7, 11) is 0. The van der Waals surface area contributed by atoms with E-state index in [0.717, 1.165) is 4.68 Å². The molecule has 2 heterocycles. The number of H-pyrrole nitrogens is 1. The Kier molecular flexibility index (Phi) is 5.05. The van der Waals surface area contributed by atoms with Gasteiger partial charge in [-0.2, -0.15) is 4.68 Å². The van der Waals surface area contributed by atoms with Gasteiger partial charge in [-0.15, -0.1) is 10.2 Å². The standard InChI is InChI=1S/C15H10ClN7O3S/c16-9-5-10(7-18-6-9)19-20-13-12(21-22(14(13)24)15(17)27)8-1-3-11(4-2-8)23(25)26/h1-7,21H,(H2,17,27). The number of nitrogens with zero attached hydrogens (tertiary/aromatic N) is 5. The number of aromatic nitrogens is 3. The van der Waals surface area contributed by atoms with Gasteiger partial charge in [-0.05, 0) is 30.4 Å². The zero-order chi connectivity index (χ0) is 19.6. The number of nitro benzene ring substituents is 1. The summed E-state index contributed by atoms with van der Waals surface area (Å²) in [5.74, 6) is 0. The number of nitro groups is 1. The van der Waals surface area contributed by atoms with Crippen molar-refractivity contribution in [3.8, 4) is 11.3 Å². The average Bonchev–Trinajstić information content (AvgIpc) is 2.97. The predicted octanol–water partition coefficient (Wildman–Crippen LogP) is 3.31. The van der Waals surface area contributed by atoms with Crippen LogP contribution in [0.15, 0.2) is 57.7 Å². The van der Waals surface area contributed by atoms with Crippen molar-refractivity contribution in [1.29, 1.82) is 0 Å². The normalized spacial score (nSPS) is 11.0. The number of hydrogen-bond acceptors (Lipinski definition) is 7. The maximum Gasteiger partial charge on any atom is 0.301 e. The van der Waals surface area contributed by atoms with Crippen molar-refractivity contribution >= 4 is 46.0 Å². The molecule has 0 saturated carbocycles. The van der Waals surface area contributed by atoms with E-state index in [1.54, 1.807) is 0 Å². The summed E-state index contributed by atoms with van der Waals surface area (Å²) in [6.07, 6.45) is 2.85. The Morgan fingerprint density at radius 3 is 2.59 bits per heavy atom. The molecule has 136 valence electrons. The molecule has 1 aromatic carbocycles. The highest BCUT2D eigenvalue weighted by molar-refractivity contribution is 7.80. The molecule has 0 amide bonds. The van der Waals surface area contributed by atoms with Gasteiger partial charge >= 0.3 is 5.56 Å². The molecule has 2 aromatic heterocycles. The van der Waals surface area contributed by atoms with Gasteiger partial charge < -0.3 is 5.73 Å². The van der Waals surface area contributed by atoms with Crippen molar-refractivity contribution in [1.82, 2.24) is 14.8 Å². The summed E-state index contributed by atoms with van der Waals surface area (Å²) in [6.45, 7) is 0. The van der Waals surface area contributed by atoms with Crippen LogP contribution in [0.2, 0.25) is 5.02 Å². The maximum absolute atomic E-state index is 12.5. The molecule has 10 nitrogen and oxygen atoms in total. The first-order valence-electron chi connectivity index (χ1n) is 7.29. The van der Waals surface area contributed by atoms with Crippen molar-refractivity contribution < 1.29 is 4.92 Å². The molecule has 3 N–H and O–H groups in total. The third-order valence-electron chi connectivity index (χ3n) is 3.41. The van der Waals surface area contributed by atoms with E-state index in [0.29, 0.717) is 16.3 Å². The minimum atomic E-state index is -0.616. The lowest BCUT2D eigenvalue weighted by molar-refractivity contribution is -0.384. The largest absolute Gasteiger partial charge is 0.374 e. The first-order chi connectivity index (χ1) is 12.9. The van der Waals surface area contributed by atoms with Gasteiger partial charge in [-0.25, -0.2) is 0 Å². The number of thiocarbonyl (C=S) groups is 1. The minimum absolute atomic E-state index is 0.0726. The van der Waals surface area contributed by atoms with Gasteiger partial charge in [0.25, 0.3) is 5.69 Å². The number of azo groups is 1. The van der Waals surface area contributed by atoms with Crippen LogP contribution in [0.25, 0.3) is 11.3 Å². The predicted molar refractivity (Wildman–Crippen MR) is 103 cm³/mol. The number of rotatable bonds is 4. The third-order valence-corrected chi connectivity index (χ3v) is 3.80. The molecule has 0 spiro atoms. The lowest BCUT2D eigenvalue weighted by atomic mass is 10.1. The molecule has 0 saturated heterocycles. The van der Waals surface area contributed by atoms with E-state index in [1.807, 2.05) is 0 Å². The van der Waals surface area contributed by atoms with E-state index in [-0.39, 0.29) is 22.2 Å². The smallest absolute Gasteiger partial charge is 0.301 e. The Morgan fingerprint density at radius 1 is 1.30 bits per heavy atom. The number of benzene rings is 1. The van der Waals surface area contributed by atoms with Gasteiger partial charge in [-0.3, -0.25) is 25.0 Å². The van der Waals surface area contributed by atoms with E-state index in [2.05, 4.69) is 20.3 Å². The first-order valence-corrected chi connectivity index (χ1v) is 8.07. The van der Waals surface area contributed by atoms with Crippen LogP contribution in [-0.2, 0) is 0 Å². The van der Waals surface area contributed by atoms with Gasteiger partial charge in [0.1, 0.15) is 5.69 Å². The molecule has 3 rings (SSSR count). The summed E-state index contributed by atoms with van der Waals surface area (Å²) >= 11 is 10.7. The number of halogens is 1. The number of pyridine rings is 1. The van der Waals surface area contributed by atoms with Crippen molar-refractivity contribution in [3.63, 3.8) is 0 Å².